The van der Waals surface area contributed by atoms with Crippen LogP contribution in [0.15, 0.2) is 16.5 Å². The van der Waals surface area contributed by atoms with E-state index in [1.807, 2.05) is 20.8 Å². The Morgan fingerprint density at radius 1 is 1.35 bits per heavy atom. The van der Waals surface area contributed by atoms with Crippen LogP contribution in [0.1, 0.15) is 32.2 Å². The first-order chi connectivity index (χ1) is 7.79. The van der Waals surface area contributed by atoms with E-state index < -0.39 is 4.92 Å². The first-order valence-electron chi connectivity index (χ1n) is 5.35. The van der Waals surface area contributed by atoms with Gasteiger partial charge in [0.2, 0.25) is 0 Å². The van der Waals surface area contributed by atoms with E-state index in [0.29, 0.717) is 17.0 Å². The summed E-state index contributed by atoms with van der Waals surface area (Å²) in [6.45, 7) is 7.70. The minimum Gasteiger partial charge on any atom is -0.441 e. The van der Waals surface area contributed by atoms with Crippen molar-refractivity contribution in [1.82, 2.24) is 4.98 Å². The molecule has 1 heterocycles. The van der Waals surface area contributed by atoms with Gasteiger partial charge in [-0.15, -0.1) is 0 Å². The summed E-state index contributed by atoms with van der Waals surface area (Å²) in [5, 5.41) is 10.9. The highest BCUT2D eigenvalue weighted by Crippen LogP contribution is 2.33. The number of fused-ring (bicyclic) bond motifs is 1. The Morgan fingerprint density at radius 3 is 2.53 bits per heavy atom. The van der Waals surface area contributed by atoms with E-state index in [1.54, 1.807) is 13.0 Å². The lowest BCUT2D eigenvalue weighted by Gasteiger charge is -2.18. The van der Waals surface area contributed by atoms with E-state index in [0.717, 1.165) is 5.56 Å². The van der Waals surface area contributed by atoms with E-state index in [9.17, 15) is 10.1 Å². The molecular formula is C12H14N2O3. The first kappa shape index (κ1) is 11.6. The van der Waals surface area contributed by atoms with Gasteiger partial charge in [-0.2, -0.15) is 0 Å². The quantitative estimate of drug-likeness (QED) is 0.560. The van der Waals surface area contributed by atoms with Crippen LogP contribution in [0, 0.1) is 17.0 Å². The van der Waals surface area contributed by atoms with Crippen LogP contribution in [0.4, 0.5) is 5.69 Å². The van der Waals surface area contributed by atoms with Crippen molar-refractivity contribution in [2.45, 2.75) is 33.1 Å². The maximum Gasteiger partial charge on any atom is 0.272 e. The molecule has 5 heteroatoms. The predicted molar refractivity (Wildman–Crippen MR) is 64.1 cm³/mol. The van der Waals surface area contributed by atoms with Crippen molar-refractivity contribution in [2.24, 2.45) is 0 Å². The van der Waals surface area contributed by atoms with Gasteiger partial charge in [0.1, 0.15) is 5.52 Å². The molecule has 1 aromatic carbocycles. The molecule has 0 spiro atoms. The molecule has 0 bridgehead atoms. The van der Waals surface area contributed by atoms with Gasteiger partial charge in [0.05, 0.1) is 4.92 Å². The number of aryl methyl sites for hydroxylation is 1. The minimum atomic E-state index is -0.404. The monoisotopic (exact) mass is 234 g/mol. The Morgan fingerprint density at radius 2 is 2.00 bits per heavy atom. The molecule has 0 aliphatic heterocycles. The fraction of sp³-hybridized carbons (Fsp3) is 0.417. The van der Waals surface area contributed by atoms with Crippen LogP contribution in [0.25, 0.3) is 11.1 Å². The van der Waals surface area contributed by atoms with E-state index >= 15 is 0 Å². The fourth-order valence-corrected chi connectivity index (χ4v) is 1.79. The fourth-order valence-electron chi connectivity index (χ4n) is 1.79. The Kier molecular flexibility index (Phi) is 2.41. The molecular weight excluding hydrogens is 220 g/mol. The summed E-state index contributed by atoms with van der Waals surface area (Å²) < 4.78 is 5.53. The number of oxazole rings is 1. The SMILES string of the molecule is Cc1nc2cc([N+](=O)[O-])cc(C(C)(C)C)c2o1. The number of nitrogens with zero attached hydrogens (tertiary/aromatic N) is 2. The van der Waals surface area contributed by atoms with Gasteiger partial charge in [-0.3, -0.25) is 10.1 Å². The molecule has 0 aliphatic carbocycles. The molecule has 5 nitrogen and oxygen atoms in total. The van der Waals surface area contributed by atoms with Crippen LogP contribution < -0.4 is 0 Å². The van der Waals surface area contributed by atoms with E-state index in [1.165, 1.54) is 6.07 Å². The minimum absolute atomic E-state index is 0.0516. The van der Waals surface area contributed by atoms with Gasteiger partial charge in [0, 0.05) is 24.6 Å². The standard InChI is InChI=1S/C12H14N2O3/c1-7-13-10-6-8(14(15)16)5-9(11(10)17-7)12(2,3)4/h5-6H,1-4H3. The highest BCUT2D eigenvalue weighted by atomic mass is 16.6. The number of hydrogen-bond donors (Lipinski definition) is 0. The number of rotatable bonds is 1. The Hall–Kier alpha value is -1.91. The molecule has 0 unspecified atom stereocenters. The summed E-state index contributed by atoms with van der Waals surface area (Å²) in [6, 6.07) is 3.01. The van der Waals surface area contributed by atoms with Gasteiger partial charge in [-0.1, -0.05) is 20.8 Å². The molecule has 0 amide bonds. The van der Waals surface area contributed by atoms with Gasteiger partial charge in [-0.25, -0.2) is 4.98 Å². The normalized spacial score (nSPS) is 12.0. The molecule has 0 fully saturated rings. The second-order valence-electron chi connectivity index (χ2n) is 5.08. The van der Waals surface area contributed by atoms with Crippen LogP contribution in [0.3, 0.4) is 0 Å². The number of hydrogen-bond acceptors (Lipinski definition) is 4. The lowest BCUT2D eigenvalue weighted by atomic mass is 9.86. The third-order valence-corrected chi connectivity index (χ3v) is 2.60. The molecule has 0 atom stereocenters. The van der Waals surface area contributed by atoms with Crippen molar-refractivity contribution < 1.29 is 9.34 Å². The number of nitro groups is 1. The largest absolute Gasteiger partial charge is 0.441 e. The van der Waals surface area contributed by atoms with Gasteiger partial charge in [-0.05, 0) is 5.41 Å². The van der Waals surface area contributed by atoms with E-state index in [4.69, 9.17) is 4.42 Å². The summed E-state index contributed by atoms with van der Waals surface area (Å²) in [4.78, 5) is 14.6. The number of benzene rings is 1. The van der Waals surface area contributed by atoms with Gasteiger partial charge >= 0.3 is 0 Å². The average molecular weight is 234 g/mol. The Bertz CT molecular complexity index is 594. The lowest BCUT2D eigenvalue weighted by Crippen LogP contribution is -2.11. The maximum atomic E-state index is 10.9. The van der Waals surface area contributed by atoms with Crippen LogP contribution in [0.2, 0.25) is 0 Å². The zero-order valence-electron chi connectivity index (χ0n) is 10.3. The molecule has 90 valence electrons. The molecule has 0 N–H and O–H groups in total. The summed E-state index contributed by atoms with van der Waals surface area (Å²) in [7, 11) is 0. The summed E-state index contributed by atoms with van der Waals surface area (Å²) in [5.74, 6) is 0.519. The third-order valence-electron chi connectivity index (χ3n) is 2.60. The lowest BCUT2D eigenvalue weighted by molar-refractivity contribution is -0.384. The van der Waals surface area contributed by atoms with E-state index in [-0.39, 0.29) is 11.1 Å². The van der Waals surface area contributed by atoms with Crippen LogP contribution in [-0.4, -0.2) is 9.91 Å². The zero-order valence-corrected chi connectivity index (χ0v) is 10.3. The van der Waals surface area contributed by atoms with Crippen molar-refractivity contribution in [2.75, 3.05) is 0 Å². The van der Waals surface area contributed by atoms with Crippen LogP contribution in [0.5, 0.6) is 0 Å². The van der Waals surface area contributed by atoms with Crippen molar-refractivity contribution in [1.29, 1.82) is 0 Å². The third kappa shape index (κ3) is 2.00. The Labute approximate surface area is 98.6 Å². The van der Waals surface area contributed by atoms with Crippen molar-refractivity contribution >= 4 is 16.8 Å². The molecule has 17 heavy (non-hydrogen) atoms. The molecule has 0 saturated carbocycles. The number of aromatic nitrogens is 1. The highest BCUT2D eigenvalue weighted by Gasteiger charge is 2.24. The highest BCUT2D eigenvalue weighted by molar-refractivity contribution is 5.80. The smallest absolute Gasteiger partial charge is 0.272 e. The van der Waals surface area contributed by atoms with Crippen molar-refractivity contribution in [3.63, 3.8) is 0 Å². The van der Waals surface area contributed by atoms with Gasteiger partial charge in [0.25, 0.3) is 5.69 Å². The topological polar surface area (TPSA) is 69.2 Å². The zero-order chi connectivity index (χ0) is 12.8. The van der Waals surface area contributed by atoms with Crippen LogP contribution in [-0.2, 0) is 5.41 Å². The summed E-state index contributed by atoms with van der Waals surface area (Å²) in [6.07, 6.45) is 0. The summed E-state index contributed by atoms with van der Waals surface area (Å²) >= 11 is 0. The predicted octanol–water partition coefficient (Wildman–Crippen LogP) is 3.34. The molecule has 0 aliphatic rings. The molecule has 0 radical (unpaired) electrons. The molecule has 2 aromatic rings. The number of nitro benzene ring substituents is 1. The van der Waals surface area contributed by atoms with Crippen LogP contribution >= 0.6 is 0 Å². The first-order valence-corrected chi connectivity index (χ1v) is 5.35. The molecule has 2 rings (SSSR count). The van der Waals surface area contributed by atoms with E-state index in [2.05, 4.69) is 4.98 Å². The van der Waals surface area contributed by atoms with Crippen molar-refractivity contribution in [3.05, 3.63) is 33.7 Å². The maximum absolute atomic E-state index is 10.9. The molecule has 0 saturated heterocycles. The molecule has 1 aromatic heterocycles. The average Bonchev–Trinajstić information content (AvgIpc) is 2.54. The Balaban J connectivity index is 2.82. The van der Waals surface area contributed by atoms with Crippen molar-refractivity contribution in [3.8, 4) is 0 Å². The number of non-ortho nitro benzene ring substituents is 1. The summed E-state index contributed by atoms with van der Waals surface area (Å²) in [5.41, 5.74) is 1.82. The second kappa shape index (κ2) is 3.55. The van der Waals surface area contributed by atoms with Gasteiger partial charge < -0.3 is 4.42 Å². The van der Waals surface area contributed by atoms with Gasteiger partial charge in [0.15, 0.2) is 11.5 Å². The second-order valence-corrected chi connectivity index (χ2v) is 5.08.